The minimum atomic E-state index is -0.0471. The van der Waals surface area contributed by atoms with Gasteiger partial charge in [-0.3, -0.25) is 4.90 Å². The summed E-state index contributed by atoms with van der Waals surface area (Å²) in [6.07, 6.45) is 1.75. The highest BCUT2D eigenvalue weighted by molar-refractivity contribution is 5.84. The van der Waals surface area contributed by atoms with Gasteiger partial charge >= 0.3 is 0 Å². The topological polar surface area (TPSA) is 87.2 Å². The molecule has 0 spiro atoms. The van der Waals surface area contributed by atoms with Gasteiger partial charge in [0.15, 0.2) is 5.84 Å². The summed E-state index contributed by atoms with van der Waals surface area (Å²) in [6.45, 7) is 5.44. The van der Waals surface area contributed by atoms with Gasteiger partial charge < -0.3 is 20.6 Å². The lowest BCUT2D eigenvalue weighted by molar-refractivity contribution is 0.230. The van der Waals surface area contributed by atoms with E-state index in [1.165, 1.54) is 0 Å². The van der Waals surface area contributed by atoms with Crippen LogP contribution in [0.1, 0.15) is 6.92 Å². The number of piperazine rings is 1. The first-order valence-corrected chi connectivity index (χ1v) is 6.62. The zero-order valence-electron chi connectivity index (χ0n) is 11.9. The molecule has 20 heavy (non-hydrogen) atoms. The van der Waals surface area contributed by atoms with Crippen molar-refractivity contribution in [3.63, 3.8) is 0 Å². The first-order chi connectivity index (χ1) is 9.65. The maximum atomic E-state index is 8.73. The number of nitrogens with zero attached hydrogens (tertiary/aromatic N) is 4. The molecule has 7 nitrogen and oxygen atoms in total. The molecule has 1 fully saturated rings. The molecule has 1 saturated heterocycles. The highest BCUT2D eigenvalue weighted by Crippen LogP contribution is 2.20. The minimum Gasteiger partial charge on any atom is -0.481 e. The van der Waals surface area contributed by atoms with E-state index in [0.717, 1.165) is 31.9 Å². The van der Waals surface area contributed by atoms with Gasteiger partial charge in [0.2, 0.25) is 5.88 Å². The number of nitrogens with two attached hydrogens (primary N) is 1. The van der Waals surface area contributed by atoms with Gasteiger partial charge in [-0.25, -0.2) is 4.98 Å². The number of amidine groups is 1. The highest BCUT2D eigenvalue weighted by atomic mass is 16.5. The average molecular weight is 279 g/mol. The normalized spacial score (nSPS) is 18.9. The molecular weight excluding hydrogens is 258 g/mol. The van der Waals surface area contributed by atoms with Crippen LogP contribution in [0.4, 0.5) is 5.69 Å². The Balaban J connectivity index is 1.97. The first kappa shape index (κ1) is 14.4. The quantitative estimate of drug-likeness (QED) is 0.358. The number of pyridine rings is 1. The van der Waals surface area contributed by atoms with E-state index in [0.29, 0.717) is 5.88 Å². The van der Waals surface area contributed by atoms with Crippen molar-refractivity contribution in [3.05, 3.63) is 18.3 Å². The summed E-state index contributed by atoms with van der Waals surface area (Å²) in [5, 5.41) is 11.8. The highest BCUT2D eigenvalue weighted by Gasteiger charge is 2.23. The van der Waals surface area contributed by atoms with Crippen LogP contribution in [0.15, 0.2) is 23.5 Å². The van der Waals surface area contributed by atoms with Crippen LogP contribution in [0.5, 0.6) is 5.88 Å². The van der Waals surface area contributed by atoms with Gasteiger partial charge in [-0.2, -0.15) is 0 Å². The van der Waals surface area contributed by atoms with E-state index < -0.39 is 0 Å². The second-order valence-electron chi connectivity index (χ2n) is 4.78. The first-order valence-electron chi connectivity index (χ1n) is 6.62. The molecule has 1 atom stereocenters. The van der Waals surface area contributed by atoms with Crippen molar-refractivity contribution in [2.75, 3.05) is 38.2 Å². The Morgan fingerprint density at radius 1 is 1.45 bits per heavy atom. The Labute approximate surface area is 118 Å². The third-order valence-electron chi connectivity index (χ3n) is 3.70. The number of aromatic nitrogens is 1. The zero-order valence-corrected chi connectivity index (χ0v) is 11.9. The van der Waals surface area contributed by atoms with E-state index in [-0.39, 0.29) is 11.9 Å². The standard InChI is InChI=1S/C13H21N5O2/c1-10(13(14)16-19)17-5-7-18(8-6-17)11-3-4-15-12(9-11)20-2/h3-4,9-10,19H,5-8H2,1-2H3,(H2,14,16). The fourth-order valence-corrected chi connectivity index (χ4v) is 2.35. The SMILES string of the molecule is COc1cc(N2CCN(C(C)/C(N)=N/O)CC2)ccn1. The predicted octanol–water partition coefficient (Wildman–Crippen LogP) is 0.347. The van der Waals surface area contributed by atoms with Crippen LogP contribution in [-0.2, 0) is 0 Å². The van der Waals surface area contributed by atoms with Gasteiger partial charge in [-0.05, 0) is 13.0 Å². The molecule has 3 N–H and O–H groups in total. The van der Waals surface area contributed by atoms with Crippen LogP contribution in [0, 0.1) is 0 Å². The molecule has 1 aliphatic rings. The van der Waals surface area contributed by atoms with Crippen molar-refractivity contribution in [2.45, 2.75) is 13.0 Å². The molecule has 110 valence electrons. The largest absolute Gasteiger partial charge is 0.481 e. The van der Waals surface area contributed by atoms with E-state index in [1.54, 1.807) is 13.3 Å². The lowest BCUT2D eigenvalue weighted by Gasteiger charge is -2.38. The molecule has 2 rings (SSSR count). The van der Waals surface area contributed by atoms with E-state index in [2.05, 4.69) is 19.9 Å². The zero-order chi connectivity index (χ0) is 14.5. The number of oxime groups is 1. The fourth-order valence-electron chi connectivity index (χ4n) is 2.35. The predicted molar refractivity (Wildman–Crippen MR) is 77.4 cm³/mol. The number of methoxy groups -OCH3 is 1. The van der Waals surface area contributed by atoms with Crippen molar-refractivity contribution in [2.24, 2.45) is 10.9 Å². The Bertz CT molecular complexity index is 472. The molecule has 0 radical (unpaired) electrons. The molecular formula is C13H21N5O2. The average Bonchev–Trinajstić information content (AvgIpc) is 2.53. The summed E-state index contributed by atoms with van der Waals surface area (Å²) in [7, 11) is 1.61. The Morgan fingerprint density at radius 3 is 2.75 bits per heavy atom. The van der Waals surface area contributed by atoms with E-state index in [9.17, 15) is 0 Å². The molecule has 0 saturated carbocycles. The van der Waals surface area contributed by atoms with Crippen LogP contribution in [0.25, 0.3) is 0 Å². The number of hydrogen-bond acceptors (Lipinski definition) is 6. The van der Waals surface area contributed by atoms with Gasteiger partial charge in [-0.1, -0.05) is 5.16 Å². The lowest BCUT2D eigenvalue weighted by Crippen LogP contribution is -2.53. The number of rotatable bonds is 4. The van der Waals surface area contributed by atoms with Crippen LogP contribution >= 0.6 is 0 Å². The Kier molecular flexibility index (Phi) is 4.62. The molecule has 2 heterocycles. The molecule has 1 aromatic heterocycles. The maximum absolute atomic E-state index is 8.73. The monoisotopic (exact) mass is 279 g/mol. The summed E-state index contributed by atoms with van der Waals surface area (Å²) in [5.74, 6) is 0.874. The molecule has 0 bridgehead atoms. The lowest BCUT2D eigenvalue weighted by atomic mass is 10.2. The summed E-state index contributed by atoms with van der Waals surface area (Å²) < 4.78 is 5.14. The van der Waals surface area contributed by atoms with E-state index in [1.807, 2.05) is 19.1 Å². The number of hydrogen-bond donors (Lipinski definition) is 2. The van der Waals surface area contributed by atoms with Crippen LogP contribution in [-0.4, -0.2) is 60.3 Å². The van der Waals surface area contributed by atoms with E-state index >= 15 is 0 Å². The molecule has 1 aromatic rings. The Hall–Kier alpha value is -2.02. The van der Waals surface area contributed by atoms with Crippen LogP contribution in [0.3, 0.4) is 0 Å². The van der Waals surface area contributed by atoms with Crippen LogP contribution in [0.2, 0.25) is 0 Å². The van der Waals surface area contributed by atoms with Gasteiger partial charge in [-0.15, -0.1) is 0 Å². The fraction of sp³-hybridized carbons (Fsp3) is 0.538. The number of anilines is 1. The van der Waals surface area contributed by atoms with Crippen molar-refractivity contribution in [3.8, 4) is 5.88 Å². The van der Waals surface area contributed by atoms with Gasteiger partial charge in [0, 0.05) is 44.1 Å². The van der Waals surface area contributed by atoms with Crippen molar-refractivity contribution in [1.82, 2.24) is 9.88 Å². The molecule has 1 aliphatic heterocycles. The van der Waals surface area contributed by atoms with E-state index in [4.69, 9.17) is 15.7 Å². The van der Waals surface area contributed by atoms with Crippen molar-refractivity contribution in [1.29, 1.82) is 0 Å². The second kappa shape index (κ2) is 6.42. The summed E-state index contributed by atoms with van der Waals surface area (Å²) >= 11 is 0. The van der Waals surface area contributed by atoms with Crippen molar-refractivity contribution >= 4 is 11.5 Å². The Morgan fingerprint density at radius 2 is 2.15 bits per heavy atom. The molecule has 0 amide bonds. The third kappa shape index (κ3) is 3.11. The molecule has 0 aromatic carbocycles. The maximum Gasteiger partial charge on any atom is 0.214 e. The third-order valence-corrected chi connectivity index (χ3v) is 3.70. The minimum absolute atomic E-state index is 0.0471. The van der Waals surface area contributed by atoms with Crippen molar-refractivity contribution < 1.29 is 9.94 Å². The smallest absolute Gasteiger partial charge is 0.214 e. The summed E-state index contributed by atoms with van der Waals surface area (Å²) in [4.78, 5) is 8.59. The summed E-state index contributed by atoms with van der Waals surface area (Å²) in [6, 6.07) is 3.86. The van der Waals surface area contributed by atoms with Gasteiger partial charge in [0.25, 0.3) is 0 Å². The second-order valence-corrected chi connectivity index (χ2v) is 4.78. The summed E-state index contributed by atoms with van der Waals surface area (Å²) in [5.41, 5.74) is 6.76. The van der Waals surface area contributed by atoms with Gasteiger partial charge in [0.05, 0.1) is 13.2 Å². The molecule has 1 unspecified atom stereocenters. The van der Waals surface area contributed by atoms with Crippen LogP contribution < -0.4 is 15.4 Å². The molecule has 0 aliphatic carbocycles. The number of ether oxygens (including phenoxy) is 1. The van der Waals surface area contributed by atoms with Gasteiger partial charge in [0.1, 0.15) is 0 Å². The molecule has 7 heteroatoms.